The summed E-state index contributed by atoms with van der Waals surface area (Å²) in [4.78, 5) is 51.0. The van der Waals surface area contributed by atoms with E-state index >= 15 is 0 Å². The van der Waals surface area contributed by atoms with Crippen LogP contribution in [0.3, 0.4) is 0 Å². The van der Waals surface area contributed by atoms with Gasteiger partial charge in [-0.15, -0.1) is 0 Å². The normalized spacial score (nSPS) is 19.6. The van der Waals surface area contributed by atoms with E-state index in [1.807, 2.05) is 12.2 Å². The van der Waals surface area contributed by atoms with Crippen molar-refractivity contribution in [3.8, 4) is 0 Å². The van der Waals surface area contributed by atoms with Gasteiger partial charge < -0.3 is 10.1 Å². The van der Waals surface area contributed by atoms with Crippen LogP contribution in [0.25, 0.3) is 0 Å². The highest BCUT2D eigenvalue weighted by Gasteiger charge is 2.47. The number of ether oxygens (including phenoxy) is 1. The first-order valence-electron chi connectivity index (χ1n) is 10.2. The summed E-state index contributed by atoms with van der Waals surface area (Å²) in [5, 5.41) is 3.17. The number of amides is 3. The molecule has 2 aromatic carbocycles. The van der Waals surface area contributed by atoms with Gasteiger partial charge in [-0.2, -0.15) is 0 Å². The smallest absolute Gasteiger partial charge is 0.338 e. The van der Waals surface area contributed by atoms with Crippen LogP contribution in [0.15, 0.2) is 54.6 Å². The lowest BCUT2D eigenvalue weighted by molar-refractivity contribution is -0.122. The van der Waals surface area contributed by atoms with E-state index in [0.717, 1.165) is 0 Å². The molecule has 2 atom stereocenters. The number of carbonyl (C=O) groups is 4. The molecule has 0 spiro atoms. The summed E-state index contributed by atoms with van der Waals surface area (Å²) >= 11 is 6.03. The molecule has 164 valence electrons. The first kappa shape index (κ1) is 21.8. The second-order valence-corrected chi connectivity index (χ2v) is 8.16. The zero-order valence-corrected chi connectivity index (χ0v) is 18.1. The second-order valence-electron chi connectivity index (χ2n) is 7.75. The number of benzene rings is 2. The molecule has 1 saturated heterocycles. The molecule has 1 aliphatic carbocycles. The average molecular weight is 453 g/mol. The highest BCUT2D eigenvalue weighted by Crippen LogP contribution is 2.37. The van der Waals surface area contributed by atoms with Gasteiger partial charge in [0.1, 0.15) is 0 Å². The summed E-state index contributed by atoms with van der Waals surface area (Å²) < 4.78 is 5.08. The summed E-state index contributed by atoms with van der Waals surface area (Å²) in [6, 6.07) is 11.1. The number of halogens is 1. The average Bonchev–Trinajstić information content (AvgIpc) is 3.06. The van der Waals surface area contributed by atoms with Gasteiger partial charge in [0, 0.05) is 10.7 Å². The third-order valence-electron chi connectivity index (χ3n) is 5.74. The number of nitrogens with zero attached hydrogens (tertiary/aromatic N) is 1. The maximum absolute atomic E-state index is 12.7. The first-order chi connectivity index (χ1) is 15.4. The fraction of sp³-hybridized carbons (Fsp3) is 0.250. The standard InChI is InChI=1S/C24H21ClN2O5/c1-14-19(25)7-4-8-20(14)26-21(28)13-32-24(31)15-9-11-16(12-10-15)27-22(29)17-5-2-3-6-18(17)23(27)30/h2-4,7-12,17-18H,5-6,13H2,1H3,(H,26,28)/t17-,18+. The van der Waals surface area contributed by atoms with Crippen LogP contribution in [0.4, 0.5) is 11.4 Å². The number of carbonyl (C=O) groups excluding carboxylic acids is 4. The number of fused-ring (bicyclic) bond motifs is 1. The van der Waals surface area contributed by atoms with E-state index in [4.69, 9.17) is 16.3 Å². The lowest BCUT2D eigenvalue weighted by Gasteiger charge is -2.15. The molecule has 0 unspecified atom stereocenters. The molecule has 7 nitrogen and oxygen atoms in total. The van der Waals surface area contributed by atoms with Gasteiger partial charge in [0.15, 0.2) is 6.61 Å². The summed E-state index contributed by atoms with van der Waals surface area (Å²) in [6.45, 7) is 1.30. The molecular weight excluding hydrogens is 432 g/mol. The largest absolute Gasteiger partial charge is 0.452 e. The Balaban J connectivity index is 1.36. The molecule has 8 heteroatoms. The van der Waals surface area contributed by atoms with E-state index in [0.29, 0.717) is 34.8 Å². The Labute approximate surface area is 190 Å². The highest BCUT2D eigenvalue weighted by molar-refractivity contribution is 6.31. The minimum Gasteiger partial charge on any atom is -0.452 e. The lowest BCUT2D eigenvalue weighted by atomic mass is 9.85. The fourth-order valence-electron chi connectivity index (χ4n) is 3.94. The van der Waals surface area contributed by atoms with Crippen LogP contribution in [-0.2, 0) is 19.1 Å². The topological polar surface area (TPSA) is 92.8 Å². The number of anilines is 2. The van der Waals surface area contributed by atoms with Crippen LogP contribution >= 0.6 is 11.6 Å². The van der Waals surface area contributed by atoms with Crippen molar-refractivity contribution >= 4 is 46.7 Å². The molecule has 1 heterocycles. The molecule has 2 aromatic rings. The van der Waals surface area contributed by atoms with E-state index in [2.05, 4.69) is 5.32 Å². The van der Waals surface area contributed by atoms with Crippen molar-refractivity contribution in [3.63, 3.8) is 0 Å². The van der Waals surface area contributed by atoms with Gasteiger partial charge in [0.25, 0.3) is 5.91 Å². The highest BCUT2D eigenvalue weighted by atomic mass is 35.5. The van der Waals surface area contributed by atoms with Gasteiger partial charge in [0.2, 0.25) is 11.8 Å². The third kappa shape index (κ3) is 4.16. The van der Waals surface area contributed by atoms with E-state index in [1.54, 1.807) is 25.1 Å². The molecule has 1 fully saturated rings. The molecule has 3 amide bonds. The van der Waals surface area contributed by atoms with Crippen LogP contribution in [-0.4, -0.2) is 30.3 Å². The van der Waals surface area contributed by atoms with Crippen molar-refractivity contribution in [2.75, 3.05) is 16.8 Å². The predicted octanol–water partition coefficient (Wildman–Crippen LogP) is 3.90. The van der Waals surface area contributed by atoms with Crippen molar-refractivity contribution in [2.45, 2.75) is 19.8 Å². The third-order valence-corrected chi connectivity index (χ3v) is 6.15. The maximum Gasteiger partial charge on any atom is 0.338 e. The van der Waals surface area contributed by atoms with Crippen LogP contribution in [0.1, 0.15) is 28.8 Å². The second kappa shape index (κ2) is 8.96. The van der Waals surface area contributed by atoms with Crippen LogP contribution in [0.5, 0.6) is 0 Å². The molecule has 0 bridgehead atoms. The van der Waals surface area contributed by atoms with Gasteiger partial charge in [0.05, 0.1) is 23.1 Å². The summed E-state index contributed by atoms with van der Waals surface area (Å²) in [5.74, 6) is -2.26. The van der Waals surface area contributed by atoms with E-state index in [-0.39, 0.29) is 29.2 Å². The Hall–Kier alpha value is -3.45. The van der Waals surface area contributed by atoms with E-state index in [9.17, 15) is 19.2 Å². The molecule has 0 radical (unpaired) electrons. The molecule has 32 heavy (non-hydrogen) atoms. The number of hydrogen-bond donors (Lipinski definition) is 1. The summed E-state index contributed by atoms with van der Waals surface area (Å²) in [7, 11) is 0. The minimum atomic E-state index is -0.688. The number of hydrogen-bond acceptors (Lipinski definition) is 5. The molecule has 0 aromatic heterocycles. The van der Waals surface area contributed by atoms with Crippen molar-refractivity contribution in [3.05, 3.63) is 70.8 Å². The zero-order chi connectivity index (χ0) is 22.8. The minimum absolute atomic E-state index is 0.207. The quantitative estimate of drug-likeness (QED) is 0.422. The zero-order valence-electron chi connectivity index (χ0n) is 17.3. The van der Waals surface area contributed by atoms with Crippen molar-refractivity contribution < 1.29 is 23.9 Å². The fourth-order valence-corrected chi connectivity index (χ4v) is 4.12. The number of allylic oxidation sites excluding steroid dienone is 2. The summed E-state index contributed by atoms with van der Waals surface area (Å²) in [6.07, 6.45) is 4.98. The monoisotopic (exact) mass is 452 g/mol. The van der Waals surface area contributed by atoms with Gasteiger partial charge in [-0.3, -0.25) is 19.3 Å². The van der Waals surface area contributed by atoms with Crippen LogP contribution in [0.2, 0.25) is 5.02 Å². The molecule has 1 N–H and O–H groups in total. The Kier molecular flexibility index (Phi) is 6.10. The predicted molar refractivity (Wildman–Crippen MR) is 119 cm³/mol. The van der Waals surface area contributed by atoms with Crippen molar-refractivity contribution in [1.82, 2.24) is 0 Å². The molecule has 4 rings (SSSR count). The van der Waals surface area contributed by atoms with E-state index < -0.39 is 18.5 Å². The number of esters is 1. The van der Waals surface area contributed by atoms with Crippen molar-refractivity contribution in [1.29, 1.82) is 0 Å². The Morgan fingerprint density at radius 2 is 1.66 bits per heavy atom. The molecular formula is C24H21ClN2O5. The summed E-state index contributed by atoms with van der Waals surface area (Å²) in [5.41, 5.74) is 1.88. The number of nitrogens with one attached hydrogen (secondary N) is 1. The number of imide groups is 1. The van der Waals surface area contributed by atoms with Crippen LogP contribution < -0.4 is 10.2 Å². The number of rotatable bonds is 5. The Morgan fingerprint density at radius 1 is 1.03 bits per heavy atom. The van der Waals surface area contributed by atoms with Gasteiger partial charge in [-0.25, -0.2) is 4.79 Å². The maximum atomic E-state index is 12.7. The van der Waals surface area contributed by atoms with Gasteiger partial charge in [-0.1, -0.05) is 29.8 Å². The van der Waals surface area contributed by atoms with Crippen LogP contribution in [0, 0.1) is 18.8 Å². The molecule has 0 saturated carbocycles. The molecule has 1 aliphatic heterocycles. The van der Waals surface area contributed by atoms with Gasteiger partial charge in [-0.05, 0) is 61.7 Å². The lowest BCUT2D eigenvalue weighted by Crippen LogP contribution is -2.30. The SMILES string of the molecule is Cc1c(Cl)cccc1NC(=O)COC(=O)c1ccc(N2C(=O)[C@H]3CC=CC[C@H]3C2=O)cc1. The molecule has 2 aliphatic rings. The van der Waals surface area contributed by atoms with Crippen molar-refractivity contribution in [2.24, 2.45) is 11.8 Å². The Bertz CT molecular complexity index is 1100. The first-order valence-corrected chi connectivity index (χ1v) is 10.6. The van der Waals surface area contributed by atoms with E-state index in [1.165, 1.54) is 29.2 Å². The van der Waals surface area contributed by atoms with Gasteiger partial charge >= 0.3 is 5.97 Å². The Morgan fingerprint density at radius 3 is 2.28 bits per heavy atom.